The number of thiophene rings is 1. The summed E-state index contributed by atoms with van der Waals surface area (Å²) >= 11 is 1.45. The fourth-order valence-corrected chi connectivity index (χ4v) is 2.58. The maximum Gasteiger partial charge on any atom is 0.265 e. The molecule has 19 heavy (non-hydrogen) atoms. The van der Waals surface area contributed by atoms with Crippen LogP contribution in [-0.2, 0) is 0 Å². The van der Waals surface area contributed by atoms with E-state index in [-0.39, 0.29) is 11.9 Å². The van der Waals surface area contributed by atoms with E-state index in [4.69, 9.17) is 5.73 Å². The van der Waals surface area contributed by atoms with Crippen LogP contribution in [0.5, 0.6) is 0 Å². The number of carbonyl (C=O) groups excluding carboxylic acids is 1. The Balaban J connectivity index is 3.00. The van der Waals surface area contributed by atoms with Crippen molar-refractivity contribution in [1.29, 1.82) is 0 Å². The zero-order valence-electron chi connectivity index (χ0n) is 12.1. The van der Waals surface area contributed by atoms with E-state index >= 15 is 0 Å². The van der Waals surface area contributed by atoms with Crippen molar-refractivity contribution in [3.8, 4) is 11.8 Å². The molecule has 104 valence electrons. The average Bonchev–Trinajstić information content (AvgIpc) is 2.80. The fourth-order valence-electron chi connectivity index (χ4n) is 1.77. The Hall–Kier alpha value is -1.31. The van der Waals surface area contributed by atoms with Crippen LogP contribution in [0.1, 0.15) is 42.9 Å². The van der Waals surface area contributed by atoms with Crippen molar-refractivity contribution in [3.63, 3.8) is 0 Å². The van der Waals surface area contributed by atoms with E-state index in [1.165, 1.54) is 11.3 Å². The molecule has 0 fully saturated rings. The molecule has 3 nitrogen and oxygen atoms in total. The van der Waals surface area contributed by atoms with Crippen molar-refractivity contribution < 1.29 is 4.79 Å². The molecule has 1 aromatic rings. The maximum absolute atomic E-state index is 12.6. The molecule has 0 saturated heterocycles. The minimum absolute atomic E-state index is 0.0695. The van der Waals surface area contributed by atoms with E-state index in [0.29, 0.717) is 12.5 Å². The Morgan fingerprint density at radius 2 is 2.11 bits per heavy atom. The number of nitrogens with zero attached hydrogens (tertiary/aromatic N) is 1. The van der Waals surface area contributed by atoms with Gasteiger partial charge < -0.3 is 10.6 Å². The van der Waals surface area contributed by atoms with E-state index in [2.05, 4.69) is 25.7 Å². The average molecular weight is 278 g/mol. The first-order valence-corrected chi connectivity index (χ1v) is 7.42. The highest BCUT2D eigenvalue weighted by Gasteiger charge is 2.22. The molecule has 0 saturated carbocycles. The van der Waals surface area contributed by atoms with Crippen LogP contribution in [0.4, 0.5) is 0 Å². The third kappa shape index (κ3) is 4.38. The maximum atomic E-state index is 12.6. The molecular weight excluding hydrogens is 256 g/mol. The Labute approximate surface area is 119 Å². The van der Waals surface area contributed by atoms with Gasteiger partial charge in [0.2, 0.25) is 0 Å². The van der Waals surface area contributed by atoms with Gasteiger partial charge in [-0.25, -0.2) is 0 Å². The minimum Gasteiger partial charge on any atom is -0.335 e. The summed E-state index contributed by atoms with van der Waals surface area (Å²) in [6, 6.07) is 2.07. The molecule has 1 amide bonds. The van der Waals surface area contributed by atoms with Crippen LogP contribution in [0.15, 0.2) is 11.4 Å². The van der Waals surface area contributed by atoms with Gasteiger partial charge in [-0.15, -0.1) is 11.3 Å². The smallest absolute Gasteiger partial charge is 0.265 e. The lowest BCUT2D eigenvalue weighted by Gasteiger charge is -2.28. The zero-order valence-corrected chi connectivity index (χ0v) is 12.9. The standard InChI is InChI=1S/C15H22N2OS/c1-11(2)10-17(12(3)4)15(18)14-13(6-5-8-16)7-9-19-14/h7,9,11-12H,8,10,16H2,1-4H3. The summed E-state index contributed by atoms with van der Waals surface area (Å²) in [6.45, 7) is 9.39. The van der Waals surface area contributed by atoms with E-state index in [1.807, 2.05) is 30.2 Å². The molecule has 4 heteroatoms. The molecule has 0 aliphatic heterocycles. The van der Waals surface area contributed by atoms with E-state index in [0.717, 1.165) is 17.0 Å². The molecule has 1 rings (SSSR count). The van der Waals surface area contributed by atoms with Crippen LogP contribution < -0.4 is 5.73 Å². The molecule has 1 heterocycles. The summed E-state index contributed by atoms with van der Waals surface area (Å²) in [4.78, 5) is 15.2. The third-order valence-corrected chi connectivity index (χ3v) is 3.53. The van der Waals surface area contributed by atoms with Crippen LogP contribution in [0.25, 0.3) is 0 Å². The van der Waals surface area contributed by atoms with Crippen LogP contribution in [-0.4, -0.2) is 29.9 Å². The summed E-state index contributed by atoms with van der Waals surface area (Å²) in [5.74, 6) is 6.30. The Morgan fingerprint density at radius 1 is 1.42 bits per heavy atom. The first-order valence-electron chi connectivity index (χ1n) is 6.54. The van der Waals surface area contributed by atoms with Gasteiger partial charge in [0.25, 0.3) is 5.91 Å². The molecule has 1 aromatic heterocycles. The van der Waals surface area contributed by atoms with Gasteiger partial charge in [0, 0.05) is 18.2 Å². The van der Waals surface area contributed by atoms with Crippen LogP contribution in [0, 0.1) is 17.8 Å². The van der Waals surface area contributed by atoms with Crippen molar-refractivity contribution in [2.75, 3.05) is 13.1 Å². The Morgan fingerprint density at radius 3 is 2.63 bits per heavy atom. The second-order valence-electron chi connectivity index (χ2n) is 5.11. The Bertz CT molecular complexity index is 480. The highest BCUT2D eigenvalue weighted by Crippen LogP contribution is 2.20. The molecule has 2 N–H and O–H groups in total. The molecule has 0 aromatic carbocycles. The van der Waals surface area contributed by atoms with Crippen molar-refractivity contribution >= 4 is 17.2 Å². The highest BCUT2D eigenvalue weighted by molar-refractivity contribution is 7.12. The molecule has 0 spiro atoms. The first-order chi connectivity index (χ1) is 8.97. The third-order valence-electron chi connectivity index (χ3n) is 2.63. The van der Waals surface area contributed by atoms with Crippen molar-refractivity contribution in [3.05, 3.63) is 21.9 Å². The van der Waals surface area contributed by atoms with Crippen molar-refractivity contribution in [1.82, 2.24) is 4.90 Å². The second-order valence-corrected chi connectivity index (χ2v) is 6.03. The number of carbonyl (C=O) groups is 1. The molecule has 0 atom stereocenters. The van der Waals surface area contributed by atoms with E-state index < -0.39 is 0 Å². The van der Waals surface area contributed by atoms with Gasteiger partial charge >= 0.3 is 0 Å². The number of amides is 1. The van der Waals surface area contributed by atoms with Gasteiger partial charge in [-0.2, -0.15) is 0 Å². The van der Waals surface area contributed by atoms with E-state index in [9.17, 15) is 4.79 Å². The van der Waals surface area contributed by atoms with Gasteiger partial charge in [-0.1, -0.05) is 25.7 Å². The highest BCUT2D eigenvalue weighted by atomic mass is 32.1. The predicted molar refractivity (Wildman–Crippen MR) is 81.3 cm³/mol. The summed E-state index contributed by atoms with van der Waals surface area (Å²) in [5, 5.41) is 1.90. The fraction of sp³-hybridized carbons (Fsp3) is 0.533. The largest absolute Gasteiger partial charge is 0.335 e. The monoisotopic (exact) mass is 278 g/mol. The molecule has 0 bridgehead atoms. The van der Waals surface area contributed by atoms with Crippen molar-refractivity contribution in [2.45, 2.75) is 33.7 Å². The van der Waals surface area contributed by atoms with Gasteiger partial charge in [0.15, 0.2) is 0 Å². The number of hydrogen-bond donors (Lipinski definition) is 1. The lowest BCUT2D eigenvalue weighted by molar-refractivity contribution is 0.0687. The van der Waals surface area contributed by atoms with Crippen LogP contribution in [0.2, 0.25) is 0 Å². The van der Waals surface area contributed by atoms with Gasteiger partial charge in [-0.05, 0) is 31.2 Å². The lowest BCUT2D eigenvalue weighted by Crippen LogP contribution is -2.39. The number of rotatable bonds is 4. The minimum atomic E-state index is 0.0695. The van der Waals surface area contributed by atoms with E-state index in [1.54, 1.807) is 0 Å². The van der Waals surface area contributed by atoms with Crippen LogP contribution >= 0.6 is 11.3 Å². The second kappa shape index (κ2) is 7.32. The zero-order chi connectivity index (χ0) is 14.4. The van der Waals surface area contributed by atoms with Crippen LogP contribution in [0.3, 0.4) is 0 Å². The van der Waals surface area contributed by atoms with Gasteiger partial charge in [-0.3, -0.25) is 4.79 Å². The SMILES string of the molecule is CC(C)CN(C(=O)c1sccc1C#CCN)C(C)C. The van der Waals surface area contributed by atoms with Gasteiger partial charge in [0.05, 0.1) is 6.54 Å². The topological polar surface area (TPSA) is 46.3 Å². The molecular formula is C15H22N2OS. The molecule has 0 aliphatic carbocycles. The number of hydrogen-bond acceptors (Lipinski definition) is 3. The molecule has 0 aliphatic rings. The summed E-state index contributed by atoms with van der Waals surface area (Å²) < 4.78 is 0. The normalized spacial score (nSPS) is 10.5. The quantitative estimate of drug-likeness (QED) is 0.860. The lowest BCUT2D eigenvalue weighted by atomic mass is 10.1. The predicted octanol–water partition coefficient (Wildman–Crippen LogP) is 2.56. The Kier molecular flexibility index (Phi) is 6.07. The summed E-state index contributed by atoms with van der Waals surface area (Å²) in [7, 11) is 0. The number of nitrogens with two attached hydrogens (primary N) is 1. The molecule has 0 unspecified atom stereocenters. The van der Waals surface area contributed by atoms with Gasteiger partial charge in [0.1, 0.15) is 4.88 Å². The van der Waals surface area contributed by atoms with Crippen molar-refractivity contribution in [2.24, 2.45) is 11.7 Å². The summed E-state index contributed by atoms with van der Waals surface area (Å²) in [6.07, 6.45) is 0. The first kappa shape index (κ1) is 15.7. The molecule has 0 radical (unpaired) electrons. The summed E-state index contributed by atoms with van der Waals surface area (Å²) in [5.41, 5.74) is 6.17.